The summed E-state index contributed by atoms with van der Waals surface area (Å²) in [6, 6.07) is 7.19. The lowest BCUT2D eigenvalue weighted by Crippen LogP contribution is -2.20. The van der Waals surface area contributed by atoms with Crippen molar-refractivity contribution in [1.82, 2.24) is 5.32 Å². The van der Waals surface area contributed by atoms with E-state index in [1.165, 1.54) is 42.4 Å². The molecular formula is C16H21NO. The molecule has 0 radical (unpaired) electrons. The third kappa shape index (κ3) is 2.23. The zero-order chi connectivity index (χ0) is 12.4. The maximum absolute atomic E-state index is 5.49. The second kappa shape index (κ2) is 5.25. The lowest BCUT2D eigenvalue weighted by molar-refractivity contribution is 0.134. The first-order valence-corrected chi connectivity index (χ1v) is 6.94. The van der Waals surface area contributed by atoms with Crippen LogP contribution in [0.1, 0.15) is 48.4 Å². The summed E-state index contributed by atoms with van der Waals surface area (Å²) in [6.07, 6.45) is 7.57. The fraction of sp³-hybridized carbons (Fsp3) is 0.500. The van der Waals surface area contributed by atoms with Gasteiger partial charge in [-0.05, 0) is 49.4 Å². The van der Waals surface area contributed by atoms with E-state index in [-0.39, 0.29) is 0 Å². The van der Waals surface area contributed by atoms with Crippen molar-refractivity contribution in [3.8, 4) is 0 Å². The molecule has 1 aromatic rings. The number of rotatable bonds is 3. The second-order valence-electron chi connectivity index (χ2n) is 5.27. The molecule has 1 aromatic carbocycles. The molecule has 0 fully saturated rings. The normalized spacial score (nSPS) is 20.4. The zero-order valence-corrected chi connectivity index (χ0v) is 11.0. The largest absolute Gasteiger partial charge is 0.372 e. The van der Waals surface area contributed by atoms with Gasteiger partial charge in [-0.3, -0.25) is 0 Å². The summed E-state index contributed by atoms with van der Waals surface area (Å²) in [6.45, 7) is 1.56. The summed E-state index contributed by atoms with van der Waals surface area (Å²) < 4.78 is 5.49. The van der Waals surface area contributed by atoms with Crippen LogP contribution in [-0.2, 0) is 18.0 Å². The van der Waals surface area contributed by atoms with Crippen molar-refractivity contribution in [2.24, 2.45) is 0 Å². The minimum atomic E-state index is 0.385. The van der Waals surface area contributed by atoms with Gasteiger partial charge in [0.15, 0.2) is 0 Å². The monoisotopic (exact) mass is 243 g/mol. The molecule has 1 aliphatic carbocycles. The van der Waals surface area contributed by atoms with E-state index < -0.39 is 0 Å². The van der Waals surface area contributed by atoms with E-state index in [4.69, 9.17) is 4.74 Å². The Hall–Kier alpha value is -1.12. The van der Waals surface area contributed by atoms with E-state index in [0.29, 0.717) is 6.04 Å². The molecule has 0 saturated carbocycles. The van der Waals surface area contributed by atoms with Gasteiger partial charge < -0.3 is 10.1 Å². The van der Waals surface area contributed by atoms with Crippen molar-refractivity contribution in [3.63, 3.8) is 0 Å². The summed E-state index contributed by atoms with van der Waals surface area (Å²) in [5, 5.41) is 3.47. The number of ether oxygens (including phenoxy) is 1. The number of allylic oxidation sites excluding steroid dienone is 1. The lowest BCUT2D eigenvalue weighted by atomic mass is 9.89. The molecule has 1 atom stereocenters. The van der Waals surface area contributed by atoms with E-state index in [1.807, 2.05) is 0 Å². The molecule has 0 aromatic heterocycles. The molecule has 1 heterocycles. The van der Waals surface area contributed by atoms with E-state index >= 15 is 0 Å². The van der Waals surface area contributed by atoms with Crippen molar-refractivity contribution < 1.29 is 4.74 Å². The van der Waals surface area contributed by atoms with E-state index in [2.05, 4.69) is 36.6 Å². The molecule has 96 valence electrons. The Kier molecular flexibility index (Phi) is 3.48. The first-order chi connectivity index (χ1) is 8.88. The Bertz CT molecular complexity index is 464. The molecule has 0 bridgehead atoms. The molecule has 2 aliphatic rings. The first-order valence-electron chi connectivity index (χ1n) is 6.94. The number of hydrogen-bond acceptors (Lipinski definition) is 2. The molecule has 2 heteroatoms. The second-order valence-corrected chi connectivity index (χ2v) is 5.27. The number of benzene rings is 1. The van der Waals surface area contributed by atoms with Gasteiger partial charge in [0.1, 0.15) is 0 Å². The van der Waals surface area contributed by atoms with Crippen LogP contribution in [0.2, 0.25) is 0 Å². The van der Waals surface area contributed by atoms with Gasteiger partial charge in [-0.1, -0.05) is 29.8 Å². The zero-order valence-electron chi connectivity index (χ0n) is 11.0. The summed E-state index contributed by atoms with van der Waals surface area (Å²) in [5.74, 6) is 0. The van der Waals surface area contributed by atoms with Gasteiger partial charge in [0.05, 0.1) is 19.3 Å². The quantitative estimate of drug-likeness (QED) is 0.821. The van der Waals surface area contributed by atoms with Gasteiger partial charge in [0.25, 0.3) is 0 Å². The third-order valence-electron chi connectivity index (χ3n) is 4.06. The van der Waals surface area contributed by atoms with Crippen LogP contribution in [0.3, 0.4) is 0 Å². The minimum Gasteiger partial charge on any atom is -0.372 e. The first kappa shape index (κ1) is 11.9. The van der Waals surface area contributed by atoms with Crippen molar-refractivity contribution in [1.29, 1.82) is 0 Å². The Balaban J connectivity index is 1.89. The molecule has 0 spiro atoms. The molecule has 0 amide bonds. The van der Waals surface area contributed by atoms with Crippen LogP contribution < -0.4 is 5.32 Å². The Morgan fingerprint density at radius 3 is 2.83 bits per heavy atom. The van der Waals surface area contributed by atoms with Crippen LogP contribution >= 0.6 is 0 Å². The van der Waals surface area contributed by atoms with Crippen LogP contribution in [0.4, 0.5) is 0 Å². The standard InChI is InChI=1S/C16H21NO/c1-17-16(12-5-3-2-4-6-12)13-7-8-14-10-18-11-15(14)9-13/h5,7-9,16-17H,2-4,6,10-11H2,1H3. The molecular weight excluding hydrogens is 222 g/mol. The van der Waals surface area contributed by atoms with E-state index in [0.717, 1.165) is 13.2 Å². The van der Waals surface area contributed by atoms with Crippen LogP contribution in [0.5, 0.6) is 0 Å². The van der Waals surface area contributed by atoms with E-state index in [9.17, 15) is 0 Å². The fourth-order valence-corrected chi connectivity index (χ4v) is 3.06. The maximum atomic E-state index is 5.49. The van der Waals surface area contributed by atoms with Gasteiger partial charge in [-0.2, -0.15) is 0 Å². The minimum absolute atomic E-state index is 0.385. The van der Waals surface area contributed by atoms with E-state index in [1.54, 1.807) is 5.57 Å². The van der Waals surface area contributed by atoms with Gasteiger partial charge >= 0.3 is 0 Å². The Morgan fingerprint density at radius 2 is 2.06 bits per heavy atom. The van der Waals surface area contributed by atoms with Crippen molar-refractivity contribution in [3.05, 3.63) is 46.5 Å². The third-order valence-corrected chi connectivity index (χ3v) is 4.06. The average molecular weight is 243 g/mol. The number of likely N-dealkylation sites (N-methyl/N-ethyl adjacent to an activating group) is 1. The molecule has 2 nitrogen and oxygen atoms in total. The molecule has 1 unspecified atom stereocenters. The lowest BCUT2D eigenvalue weighted by Gasteiger charge is -2.23. The Labute approximate surface area is 109 Å². The highest BCUT2D eigenvalue weighted by atomic mass is 16.5. The summed E-state index contributed by atoms with van der Waals surface area (Å²) in [5.41, 5.74) is 5.66. The van der Waals surface area contributed by atoms with Gasteiger partial charge in [-0.15, -0.1) is 0 Å². The summed E-state index contributed by atoms with van der Waals surface area (Å²) in [4.78, 5) is 0. The number of hydrogen-bond donors (Lipinski definition) is 1. The van der Waals surface area contributed by atoms with Gasteiger partial charge in [0.2, 0.25) is 0 Å². The van der Waals surface area contributed by atoms with Crippen molar-refractivity contribution in [2.45, 2.75) is 44.9 Å². The molecule has 1 aliphatic heterocycles. The SMILES string of the molecule is CNC(C1=CCCCC1)c1ccc2c(c1)COC2. The predicted octanol–water partition coefficient (Wildman–Crippen LogP) is 3.48. The van der Waals surface area contributed by atoms with Crippen molar-refractivity contribution >= 4 is 0 Å². The van der Waals surface area contributed by atoms with Gasteiger partial charge in [-0.25, -0.2) is 0 Å². The predicted molar refractivity (Wildman–Crippen MR) is 73.3 cm³/mol. The highest BCUT2D eigenvalue weighted by molar-refractivity contribution is 5.37. The molecule has 18 heavy (non-hydrogen) atoms. The smallest absolute Gasteiger partial charge is 0.0725 e. The molecule has 3 rings (SSSR count). The van der Waals surface area contributed by atoms with Crippen molar-refractivity contribution in [2.75, 3.05) is 7.05 Å². The molecule has 0 saturated heterocycles. The summed E-state index contributed by atoms with van der Waals surface area (Å²) >= 11 is 0. The van der Waals surface area contributed by atoms with Crippen LogP contribution in [0.15, 0.2) is 29.8 Å². The highest BCUT2D eigenvalue weighted by Crippen LogP contribution is 2.31. The number of nitrogens with one attached hydrogen (secondary N) is 1. The van der Waals surface area contributed by atoms with Crippen LogP contribution in [0, 0.1) is 0 Å². The van der Waals surface area contributed by atoms with Gasteiger partial charge in [0, 0.05) is 0 Å². The Morgan fingerprint density at radius 1 is 1.17 bits per heavy atom. The maximum Gasteiger partial charge on any atom is 0.0725 e. The topological polar surface area (TPSA) is 21.3 Å². The number of fused-ring (bicyclic) bond motifs is 1. The fourth-order valence-electron chi connectivity index (χ4n) is 3.06. The summed E-state index contributed by atoms with van der Waals surface area (Å²) in [7, 11) is 2.06. The van der Waals surface area contributed by atoms with Crippen LogP contribution in [-0.4, -0.2) is 7.05 Å². The highest BCUT2D eigenvalue weighted by Gasteiger charge is 2.19. The molecule has 1 N–H and O–H groups in total. The van der Waals surface area contributed by atoms with Crippen LogP contribution in [0.25, 0.3) is 0 Å². The average Bonchev–Trinajstić information content (AvgIpc) is 2.88.